The molecule has 0 amide bonds. The number of aliphatic carboxylic acids is 1. The number of fused-ring (bicyclic) bond motifs is 1. The number of hydrogen-bond donors (Lipinski definition) is 1. The second-order valence-corrected chi connectivity index (χ2v) is 10.2. The molecule has 0 spiro atoms. The Bertz CT molecular complexity index is 900. The van der Waals surface area contributed by atoms with E-state index in [1.165, 1.54) is 29.2 Å². The highest BCUT2D eigenvalue weighted by Gasteiger charge is 2.32. The van der Waals surface area contributed by atoms with Crippen molar-refractivity contribution in [2.45, 2.75) is 65.5 Å². The summed E-state index contributed by atoms with van der Waals surface area (Å²) in [5.41, 5.74) is 1.29. The fraction of sp³-hybridized carbons (Fsp3) is 0.593. The van der Waals surface area contributed by atoms with Crippen LogP contribution in [0.3, 0.4) is 0 Å². The van der Waals surface area contributed by atoms with E-state index >= 15 is 0 Å². The van der Waals surface area contributed by atoms with Gasteiger partial charge >= 0.3 is 5.97 Å². The molecule has 1 N–H and O–H groups in total. The molecule has 3 atom stereocenters. The predicted octanol–water partition coefficient (Wildman–Crippen LogP) is 5.98. The van der Waals surface area contributed by atoms with Gasteiger partial charge in [-0.3, -0.25) is 9.69 Å². The lowest BCUT2D eigenvalue weighted by Crippen LogP contribution is -2.36. The Morgan fingerprint density at radius 2 is 1.77 bits per heavy atom. The summed E-state index contributed by atoms with van der Waals surface area (Å²) in [6.07, 6.45) is 5.55. The molecule has 2 aliphatic rings. The van der Waals surface area contributed by atoms with Gasteiger partial charge in [0.1, 0.15) is 11.9 Å². The first kappa shape index (κ1) is 22.1. The Morgan fingerprint density at radius 1 is 1.06 bits per heavy atom. The van der Waals surface area contributed by atoms with Gasteiger partial charge in [0, 0.05) is 6.54 Å². The average Bonchev–Trinajstić information content (AvgIpc) is 2.74. The van der Waals surface area contributed by atoms with Crippen LogP contribution >= 0.6 is 0 Å². The zero-order chi connectivity index (χ0) is 22.0. The van der Waals surface area contributed by atoms with Crippen LogP contribution in [0.4, 0.5) is 0 Å². The fourth-order valence-electron chi connectivity index (χ4n) is 5.47. The van der Waals surface area contributed by atoms with Crippen LogP contribution in [-0.2, 0) is 11.3 Å². The van der Waals surface area contributed by atoms with Gasteiger partial charge in [-0.25, -0.2) is 0 Å². The van der Waals surface area contributed by atoms with E-state index < -0.39 is 5.97 Å². The maximum atomic E-state index is 11.2. The third-order valence-electron chi connectivity index (χ3n) is 7.47. The Kier molecular flexibility index (Phi) is 6.86. The zero-order valence-electron chi connectivity index (χ0n) is 19.2. The molecule has 1 saturated carbocycles. The average molecular weight is 424 g/mol. The van der Waals surface area contributed by atoms with Gasteiger partial charge in [0.05, 0.1) is 5.92 Å². The van der Waals surface area contributed by atoms with E-state index in [0.717, 1.165) is 50.6 Å². The summed E-state index contributed by atoms with van der Waals surface area (Å²) in [4.78, 5) is 13.5. The number of likely N-dealkylation sites (tertiary alicyclic amines) is 1. The Hall–Kier alpha value is -2.07. The van der Waals surface area contributed by atoms with Gasteiger partial charge in [-0.2, -0.15) is 0 Å². The number of benzene rings is 2. The van der Waals surface area contributed by atoms with Crippen molar-refractivity contribution in [3.8, 4) is 5.75 Å². The number of hydrogen-bond acceptors (Lipinski definition) is 3. The van der Waals surface area contributed by atoms with E-state index in [1.54, 1.807) is 0 Å². The van der Waals surface area contributed by atoms with Gasteiger partial charge in [-0.1, -0.05) is 45.4 Å². The Morgan fingerprint density at radius 3 is 2.48 bits per heavy atom. The Labute approximate surface area is 186 Å². The maximum absolute atomic E-state index is 11.2. The number of rotatable bonds is 6. The van der Waals surface area contributed by atoms with Crippen molar-refractivity contribution in [1.82, 2.24) is 4.90 Å². The second kappa shape index (κ2) is 9.60. The van der Waals surface area contributed by atoms with Gasteiger partial charge in [-0.05, 0) is 91.1 Å². The highest BCUT2D eigenvalue weighted by Crippen LogP contribution is 2.36. The second-order valence-electron chi connectivity index (χ2n) is 10.2. The maximum Gasteiger partial charge on any atom is 0.306 e. The van der Waals surface area contributed by atoms with Gasteiger partial charge in [0.2, 0.25) is 0 Å². The highest BCUT2D eigenvalue weighted by molar-refractivity contribution is 5.84. The number of ether oxygens (including phenoxy) is 1. The quantitative estimate of drug-likeness (QED) is 0.621. The minimum atomic E-state index is -0.647. The summed E-state index contributed by atoms with van der Waals surface area (Å²) in [5.74, 6) is 2.20. The Balaban J connectivity index is 1.42. The third kappa shape index (κ3) is 5.41. The summed E-state index contributed by atoms with van der Waals surface area (Å²) < 4.78 is 6.53. The normalized spacial score (nSPS) is 25.7. The molecular formula is C27H37NO3. The molecule has 1 aliphatic carbocycles. The molecule has 168 valence electrons. The van der Waals surface area contributed by atoms with Gasteiger partial charge in [-0.15, -0.1) is 0 Å². The SMILES string of the molecule is CC(C)C1CC[C@@H](C)C[C@H]1Oc1ccc2cc(CN3CCC(C(=O)O)CC3)ccc2c1. The molecule has 0 bridgehead atoms. The summed E-state index contributed by atoms with van der Waals surface area (Å²) in [6.45, 7) is 9.60. The van der Waals surface area contributed by atoms with Crippen LogP contribution < -0.4 is 4.74 Å². The van der Waals surface area contributed by atoms with Crippen molar-refractivity contribution in [1.29, 1.82) is 0 Å². The first-order chi connectivity index (χ1) is 14.9. The van der Waals surface area contributed by atoms with Gasteiger partial charge < -0.3 is 9.84 Å². The van der Waals surface area contributed by atoms with Crippen molar-refractivity contribution in [3.63, 3.8) is 0 Å². The van der Waals surface area contributed by atoms with Gasteiger partial charge in [0.25, 0.3) is 0 Å². The van der Waals surface area contributed by atoms with E-state index in [-0.39, 0.29) is 5.92 Å². The largest absolute Gasteiger partial charge is 0.490 e. The molecule has 4 nitrogen and oxygen atoms in total. The molecule has 2 aromatic carbocycles. The van der Waals surface area contributed by atoms with Crippen molar-refractivity contribution >= 4 is 16.7 Å². The van der Waals surface area contributed by atoms with Crippen molar-refractivity contribution in [2.24, 2.45) is 23.7 Å². The van der Waals surface area contributed by atoms with Crippen LogP contribution in [0.1, 0.15) is 58.4 Å². The van der Waals surface area contributed by atoms with E-state index in [9.17, 15) is 9.90 Å². The molecule has 4 heteroatoms. The predicted molar refractivity (Wildman–Crippen MR) is 125 cm³/mol. The molecular weight excluding hydrogens is 386 g/mol. The van der Waals surface area contributed by atoms with Crippen LogP contribution in [0.15, 0.2) is 36.4 Å². The minimum absolute atomic E-state index is 0.172. The lowest BCUT2D eigenvalue weighted by molar-refractivity contribution is -0.143. The molecule has 0 aromatic heterocycles. The van der Waals surface area contributed by atoms with Crippen molar-refractivity contribution in [3.05, 3.63) is 42.0 Å². The molecule has 2 fully saturated rings. The summed E-state index contributed by atoms with van der Waals surface area (Å²) in [5, 5.41) is 11.6. The number of nitrogens with zero attached hydrogens (tertiary/aromatic N) is 1. The zero-order valence-corrected chi connectivity index (χ0v) is 19.2. The molecule has 2 aromatic rings. The van der Waals surface area contributed by atoms with Crippen LogP contribution in [0.5, 0.6) is 5.75 Å². The van der Waals surface area contributed by atoms with Crippen LogP contribution in [-0.4, -0.2) is 35.2 Å². The minimum Gasteiger partial charge on any atom is -0.490 e. The summed E-state index contributed by atoms with van der Waals surface area (Å²) in [6, 6.07) is 13.2. The monoisotopic (exact) mass is 423 g/mol. The number of carboxylic acid groups (broad SMARTS) is 1. The molecule has 1 saturated heterocycles. The molecule has 1 unspecified atom stereocenters. The van der Waals surface area contributed by atoms with Crippen LogP contribution in [0.2, 0.25) is 0 Å². The standard InChI is InChI=1S/C27H37NO3/c1-18(2)25-9-4-19(3)14-26(25)31-24-8-7-22-15-20(5-6-23(22)16-24)17-28-12-10-21(11-13-28)27(29)30/h5-8,15-16,18-19,21,25-26H,4,9-14,17H2,1-3H3,(H,29,30)/t19-,25?,26-/m1/s1. The lowest BCUT2D eigenvalue weighted by atomic mass is 9.75. The molecule has 1 heterocycles. The van der Waals surface area contributed by atoms with Crippen LogP contribution in [0.25, 0.3) is 10.8 Å². The molecule has 4 rings (SSSR count). The molecule has 0 radical (unpaired) electrons. The first-order valence-electron chi connectivity index (χ1n) is 12.0. The van der Waals surface area contributed by atoms with Gasteiger partial charge in [0.15, 0.2) is 0 Å². The topological polar surface area (TPSA) is 49.8 Å². The number of piperidine rings is 1. The third-order valence-corrected chi connectivity index (χ3v) is 7.47. The van der Waals surface area contributed by atoms with Crippen molar-refractivity contribution < 1.29 is 14.6 Å². The lowest BCUT2D eigenvalue weighted by Gasteiger charge is -2.37. The fourth-order valence-corrected chi connectivity index (χ4v) is 5.47. The molecule has 31 heavy (non-hydrogen) atoms. The smallest absolute Gasteiger partial charge is 0.306 e. The summed E-state index contributed by atoms with van der Waals surface area (Å²) >= 11 is 0. The van der Waals surface area contributed by atoms with Crippen molar-refractivity contribution in [2.75, 3.05) is 13.1 Å². The van der Waals surface area contributed by atoms with E-state index in [4.69, 9.17) is 4.74 Å². The number of carboxylic acids is 1. The van der Waals surface area contributed by atoms with E-state index in [2.05, 4.69) is 62.1 Å². The summed E-state index contributed by atoms with van der Waals surface area (Å²) in [7, 11) is 0. The first-order valence-corrected chi connectivity index (χ1v) is 12.0. The van der Waals surface area contributed by atoms with E-state index in [1.807, 2.05) is 0 Å². The van der Waals surface area contributed by atoms with E-state index in [0.29, 0.717) is 17.9 Å². The van der Waals surface area contributed by atoms with Crippen LogP contribution in [0, 0.1) is 23.7 Å². The molecule has 1 aliphatic heterocycles. The number of carbonyl (C=O) groups is 1. The highest BCUT2D eigenvalue weighted by atomic mass is 16.5.